The van der Waals surface area contributed by atoms with Gasteiger partial charge in [-0.3, -0.25) is 9.89 Å². The quantitative estimate of drug-likeness (QED) is 0.809. The number of benzene rings is 1. The van der Waals surface area contributed by atoms with E-state index in [0.29, 0.717) is 10.8 Å². The summed E-state index contributed by atoms with van der Waals surface area (Å²) in [6.45, 7) is 0. The molecule has 1 N–H and O–H groups in total. The predicted molar refractivity (Wildman–Crippen MR) is 74.1 cm³/mol. The zero-order valence-corrected chi connectivity index (χ0v) is 11.9. The van der Waals surface area contributed by atoms with Crippen LogP contribution in [0.4, 0.5) is 0 Å². The fourth-order valence-corrected chi connectivity index (χ4v) is 2.24. The third kappa shape index (κ3) is 2.91. The summed E-state index contributed by atoms with van der Waals surface area (Å²) in [6.07, 6.45) is 0. The Morgan fingerprint density at radius 3 is 2.76 bits per heavy atom. The number of H-pyrrole nitrogens is 1. The first-order chi connectivity index (χ1) is 8.08. The van der Waals surface area contributed by atoms with Gasteiger partial charge < -0.3 is 4.74 Å². The highest BCUT2D eigenvalue weighted by Gasteiger charge is 2.11. The third-order valence-electron chi connectivity index (χ3n) is 1.85. The van der Waals surface area contributed by atoms with E-state index in [1.165, 1.54) is 6.07 Å². The zero-order chi connectivity index (χ0) is 12.4. The maximum Gasteiger partial charge on any atom is 0.285 e. The Balaban J connectivity index is 2.42. The Kier molecular flexibility index (Phi) is 3.90. The summed E-state index contributed by atoms with van der Waals surface area (Å²) < 4.78 is 6.16. The van der Waals surface area contributed by atoms with E-state index in [4.69, 9.17) is 27.9 Å². The van der Waals surface area contributed by atoms with Crippen LogP contribution in [0.25, 0.3) is 0 Å². The molecule has 88 valence electrons. The molecule has 0 saturated carbocycles. The summed E-state index contributed by atoms with van der Waals surface area (Å²) in [7, 11) is 0. The van der Waals surface area contributed by atoms with Crippen LogP contribution in [-0.2, 0) is 0 Å². The molecule has 0 spiro atoms. The van der Waals surface area contributed by atoms with Gasteiger partial charge >= 0.3 is 0 Å². The van der Waals surface area contributed by atoms with Crippen molar-refractivity contribution in [1.82, 2.24) is 10.2 Å². The van der Waals surface area contributed by atoms with E-state index in [1.807, 2.05) is 6.07 Å². The summed E-state index contributed by atoms with van der Waals surface area (Å²) in [6, 6.07) is 6.46. The first-order valence-corrected chi connectivity index (χ1v) is 6.28. The second-order valence-electron chi connectivity index (χ2n) is 3.04. The van der Waals surface area contributed by atoms with Crippen LogP contribution in [0.1, 0.15) is 0 Å². The maximum absolute atomic E-state index is 11.5. The molecule has 0 amide bonds. The van der Waals surface area contributed by atoms with Crippen molar-refractivity contribution in [2.45, 2.75) is 0 Å². The summed E-state index contributed by atoms with van der Waals surface area (Å²) in [5.74, 6) is 0.301. The van der Waals surface area contributed by atoms with E-state index >= 15 is 0 Å². The molecule has 0 aliphatic carbocycles. The van der Waals surface area contributed by atoms with Crippen molar-refractivity contribution in [1.29, 1.82) is 0 Å². The smallest absolute Gasteiger partial charge is 0.285 e. The molecule has 0 bridgehead atoms. The van der Waals surface area contributed by atoms with Crippen molar-refractivity contribution < 1.29 is 4.74 Å². The lowest BCUT2D eigenvalue weighted by molar-refractivity contribution is 0.447. The van der Waals surface area contributed by atoms with Gasteiger partial charge in [-0.1, -0.05) is 29.3 Å². The van der Waals surface area contributed by atoms with Gasteiger partial charge in [0.05, 0.1) is 8.59 Å². The SMILES string of the molecule is O=c1cc(Cl)[nH]nc1Oc1c(Cl)cccc1I. The van der Waals surface area contributed by atoms with Crippen LogP contribution in [-0.4, -0.2) is 10.2 Å². The molecule has 2 rings (SSSR count). The maximum atomic E-state index is 11.5. The Morgan fingerprint density at radius 1 is 1.35 bits per heavy atom. The highest BCUT2D eigenvalue weighted by Crippen LogP contribution is 2.31. The molecule has 0 radical (unpaired) electrons. The fraction of sp³-hybridized carbons (Fsp3) is 0. The number of ether oxygens (including phenoxy) is 1. The van der Waals surface area contributed by atoms with Gasteiger partial charge in [0, 0.05) is 6.07 Å². The molecule has 0 saturated heterocycles. The molecule has 1 aromatic carbocycles. The van der Waals surface area contributed by atoms with Crippen molar-refractivity contribution in [3.63, 3.8) is 0 Å². The van der Waals surface area contributed by atoms with Gasteiger partial charge in [0.2, 0.25) is 5.43 Å². The summed E-state index contributed by atoms with van der Waals surface area (Å²) in [5, 5.41) is 6.71. The van der Waals surface area contributed by atoms with E-state index in [9.17, 15) is 4.79 Å². The molecule has 1 aromatic heterocycles. The Labute approximate surface area is 120 Å². The minimum absolute atomic E-state index is 0.0968. The van der Waals surface area contributed by atoms with Crippen LogP contribution in [0.5, 0.6) is 11.6 Å². The van der Waals surface area contributed by atoms with E-state index in [2.05, 4.69) is 32.8 Å². The highest BCUT2D eigenvalue weighted by atomic mass is 127. The molecule has 7 heteroatoms. The lowest BCUT2D eigenvalue weighted by atomic mass is 10.3. The van der Waals surface area contributed by atoms with E-state index < -0.39 is 5.43 Å². The van der Waals surface area contributed by atoms with Gasteiger partial charge in [-0.15, -0.1) is 5.10 Å². The second kappa shape index (κ2) is 5.24. The first kappa shape index (κ1) is 12.7. The number of para-hydroxylation sites is 1. The normalized spacial score (nSPS) is 10.3. The number of hydrogen-bond acceptors (Lipinski definition) is 3. The van der Waals surface area contributed by atoms with Gasteiger partial charge in [0.1, 0.15) is 5.15 Å². The van der Waals surface area contributed by atoms with Gasteiger partial charge in [0.25, 0.3) is 5.88 Å². The molecule has 17 heavy (non-hydrogen) atoms. The van der Waals surface area contributed by atoms with Crippen molar-refractivity contribution in [3.05, 3.63) is 48.2 Å². The lowest BCUT2D eigenvalue weighted by Gasteiger charge is -2.07. The van der Waals surface area contributed by atoms with Crippen LogP contribution in [0, 0.1) is 3.57 Å². The molecule has 0 unspecified atom stereocenters. The lowest BCUT2D eigenvalue weighted by Crippen LogP contribution is -2.08. The number of rotatable bonds is 2. The largest absolute Gasteiger partial charge is 0.432 e. The zero-order valence-electron chi connectivity index (χ0n) is 8.21. The summed E-state index contributed by atoms with van der Waals surface area (Å²) in [5.41, 5.74) is -0.413. The van der Waals surface area contributed by atoms with Crippen LogP contribution in [0.15, 0.2) is 29.1 Å². The molecule has 0 atom stereocenters. The van der Waals surface area contributed by atoms with Crippen molar-refractivity contribution in [3.8, 4) is 11.6 Å². The molecular formula is C10H5Cl2IN2O2. The average Bonchev–Trinajstić information content (AvgIpc) is 2.26. The highest BCUT2D eigenvalue weighted by molar-refractivity contribution is 14.1. The topological polar surface area (TPSA) is 55.0 Å². The standard InChI is InChI=1S/C10H5Cl2IN2O2/c11-5-2-1-3-6(13)9(5)17-10-7(16)4-8(12)14-15-10/h1-4H,(H,14,16). The summed E-state index contributed by atoms with van der Waals surface area (Å²) >= 11 is 13.6. The van der Waals surface area contributed by atoms with Crippen molar-refractivity contribution in [2.75, 3.05) is 0 Å². The minimum atomic E-state index is -0.413. The molecule has 2 aromatic rings. The van der Waals surface area contributed by atoms with Crippen LogP contribution in [0.3, 0.4) is 0 Å². The monoisotopic (exact) mass is 382 g/mol. The van der Waals surface area contributed by atoms with E-state index in [0.717, 1.165) is 3.57 Å². The first-order valence-electron chi connectivity index (χ1n) is 4.45. The van der Waals surface area contributed by atoms with E-state index in [-0.39, 0.29) is 11.0 Å². The molecule has 4 nitrogen and oxygen atoms in total. The minimum Gasteiger partial charge on any atom is -0.432 e. The van der Waals surface area contributed by atoms with Crippen LogP contribution in [0.2, 0.25) is 10.2 Å². The van der Waals surface area contributed by atoms with Crippen molar-refractivity contribution in [2.24, 2.45) is 0 Å². The van der Waals surface area contributed by atoms with Gasteiger partial charge in [-0.25, -0.2) is 0 Å². The Hall–Kier alpha value is -0.790. The summed E-state index contributed by atoms with van der Waals surface area (Å²) in [4.78, 5) is 11.5. The number of nitrogens with one attached hydrogen (secondary N) is 1. The average molecular weight is 383 g/mol. The van der Waals surface area contributed by atoms with Crippen LogP contribution >= 0.6 is 45.8 Å². The number of halogens is 3. The fourth-order valence-electron chi connectivity index (χ4n) is 1.12. The third-order valence-corrected chi connectivity index (χ3v) is 3.19. The molecule has 0 aliphatic rings. The molecule has 0 fully saturated rings. The number of nitrogens with zero attached hydrogens (tertiary/aromatic N) is 1. The number of aromatic amines is 1. The number of aromatic nitrogens is 2. The van der Waals surface area contributed by atoms with Crippen LogP contribution < -0.4 is 10.2 Å². The van der Waals surface area contributed by atoms with Gasteiger partial charge in [-0.05, 0) is 34.7 Å². The Morgan fingerprint density at radius 2 is 2.12 bits per heavy atom. The number of hydrogen-bond donors (Lipinski definition) is 1. The van der Waals surface area contributed by atoms with Gasteiger partial charge in [-0.2, -0.15) is 0 Å². The second-order valence-corrected chi connectivity index (χ2v) is 5.01. The van der Waals surface area contributed by atoms with Gasteiger partial charge in [0.15, 0.2) is 5.75 Å². The Bertz CT molecular complexity index is 595. The predicted octanol–water partition coefficient (Wildman–Crippen LogP) is 3.47. The van der Waals surface area contributed by atoms with Crippen molar-refractivity contribution >= 4 is 45.8 Å². The molecule has 1 heterocycles. The molecule has 0 aliphatic heterocycles. The molecular weight excluding hydrogens is 378 g/mol. The van der Waals surface area contributed by atoms with E-state index in [1.54, 1.807) is 12.1 Å².